The van der Waals surface area contributed by atoms with Crippen LogP contribution in [0.25, 0.3) is 6.08 Å². The molecule has 1 heterocycles. The molecule has 27 heavy (non-hydrogen) atoms. The third-order valence-corrected chi connectivity index (χ3v) is 5.63. The molecule has 0 spiro atoms. The third kappa shape index (κ3) is 4.70. The highest BCUT2D eigenvalue weighted by molar-refractivity contribution is 8.27. The highest BCUT2D eigenvalue weighted by Gasteiger charge is 2.33. The molecule has 140 valence electrons. The summed E-state index contributed by atoms with van der Waals surface area (Å²) in [5, 5.41) is 0.128. The van der Waals surface area contributed by atoms with E-state index < -0.39 is 10.1 Å². The topological polar surface area (TPSA) is 63.7 Å². The molecule has 0 aliphatic carbocycles. The largest absolute Gasteiger partial charge is 0.381 e. The summed E-state index contributed by atoms with van der Waals surface area (Å²) in [6.07, 6.45) is 2.60. The number of benzene rings is 2. The van der Waals surface area contributed by atoms with Gasteiger partial charge in [0.25, 0.3) is 5.91 Å². The Labute approximate surface area is 172 Å². The van der Waals surface area contributed by atoms with E-state index >= 15 is 0 Å². The molecule has 2 aromatic carbocycles. The molecule has 0 saturated carbocycles. The monoisotopic (exact) mass is 439 g/mol. The van der Waals surface area contributed by atoms with Crippen molar-refractivity contribution in [2.45, 2.75) is 6.92 Å². The van der Waals surface area contributed by atoms with Crippen LogP contribution >= 0.6 is 35.6 Å². The number of hydrogen-bond acceptors (Lipinski definition) is 6. The second-order valence-corrected chi connectivity index (χ2v) is 9.49. The van der Waals surface area contributed by atoms with Crippen LogP contribution in [-0.4, -0.2) is 24.9 Å². The Morgan fingerprint density at radius 1 is 1.22 bits per heavy atom. The Kier molecular flexibility index (Phi) is 5.62. The maximum atomic E-state index is 12.8. The number of rotatable bonds is 4. The van der Waals surface area contributed by atoms with Gasteiger partial charge in [-0.3, -0.25) is 9.69 Å². The zero-order valence-corrected chi connectivity index (χ0v) is 17.5. The summed E-state index contributed by atoms with van der Waals surface area (Å²) >= 11 is 12.6. The Morgan fingerprint density at radius 3 is 2.59 bits per heavy atom. The smallest absolute Gasteiger partial charge is 0.306 e. The van der Waals surface area contributed by atoms with Gasteiger partial charge < -0.3 is 4.18 Å². The molecule has 1 saturated heterocycles. The summed E-state index contributed by atoms with van der Waals surface area (Å²) in [7, 11) is -3.67. The van der Waals surface area contributed by atoms with Crippen molar-refractivity contribution in [3.05, 3.63) is 63.5 Å². The van der Waals surface area contributed by atoms with Gasteiger partial charge in [-0.2, -0.15) is 8.42 Å². The molecule has 0 bridgehead atoms. The number of carbonyl (C=O) groups is 1. The van der Waals surface area contributed by atoms with Gasteiger partial charge in [-0.15, -0.1) is 0 Å². The minimum atomic E-state index is -3.67. The summed E-state index contributed by atoms with van der Waals surface area (Å²) in [6, 6.07) is 12.1. The molecule has 3 rings (SSSR count). The average molecular weight is 440 g/mol. The Balaban J connectivity index is 1.89. The standard InChI is InChI=1S/C18H14ClNO4S3/c1-11-4-3-5-13(8-11)20-17(21)16(26-18(20)25)10-12-6-7-15(14(19)9-12)24-27(2,22)23/h3-10H,1-2H3. The molecule has 9 heteroatoms. The van der Waals surface area contributed by atoms with Crippen LogP contribution in [0.1, 0.15) is 11.1 Å². The van der Waals surface area contributed by atoms with Gasteiger partial charge in [-0.1, -0.05) is 53.8 Å². The maximum Gasteiger partial charge on any atom is 0.306 e. The second kappa shape index (κ2) is 7.63. The van der Waals surface area contributed by atoms with E-state index in [-0.39, 0.29) is 16.7 Å². The molecule has 0 atom stereocenters. The predicted molar refractivity (Wildman–Crippen MR) is 114 cm³/mol. The Bertz CT molecular complexity index is 1080. The lowest BCUT2D eigenvalue weighted by molar-refractivity contribution is -0.113. The van der Waals surface area contributed by atoms with E-state index in [0.717, 1.165) is 17.5 Å². The highest BCUT2D eigenvalue weighted by atomic mass is 35.5. The van der Waals surface area contributed by atoms with E-state index in [2.05, 4.69) is 0 Å². The van der Waals surface area contributed by atoms with Crippen LogP contribution in [0.2, 0.25) is 5.02 Å². The Morgan fingerprint density at radius 2 is 1.96 bits per heavy atom. The quantitative estimate of drug-likeness (QED) is 0.400. The summed E-state index contributed by atoms with van der Waals surface area (Å²) in [6.45, 7) is 1.94. The zero-order valence-electron chi connectivity index (χ0n) is 14.3. The fraction of sp³-hybridized carbons (Fsp3) is 0.111. The minimum absolute atomic E-state index is 0.0311. The van der Waals surface area contributed by atoms with Crippen LogP contribution in [-0.2, 0) is 14.9 Å². The molecular formula is C18H14ClNO4S3. The number of aryl methyl sites for hydroxylation is 1. The predicted octanol–water partition coefficient (Wildman–Crippen LogP) is 4.39. The first-order valence-corrected chi connectivity index (χ1v) is 11.1. The molecule has 2 aromatic rings. The van der Waals surface area contributed by atoms with Crippen molar-refractivity contribution in [2.75, 3.05) is 11.2 Å². The SMILES string of the molecule is Cc1cccc(N2C(=O)C(=Cc3ccc(OS(C)(=O)=O)c(Cl)c3)SC2=S)c1. The van der Waals surface area contributed by atoms with Crippen molar-refractivity contribution in [3.8, 4) is 5.75 Å². The molecule has 1 fully saturated rings. The number of thioether (sulfide) groups is 1. The van der Waals surface area contributed by atoms with Gasteiger partial charge in [-0.25, -0.2) is 0 Å². The number of anilines is 1. The lowest BCUT2D eigenvalue weighted by Crippen LogP contribution is -2.27. The molecule has 1 aliphatic heterocycles. The zero-order chi connectivity index (χ0) is 19.8. The number of nitrogens with zero attached hydrogens (tertiary/aromatic N) is 1. The van der Waals surface area contributed by atoms with E-state index in [4.69, 9.17) is 28.0 Å². The van der Waals surface area contributed by atoms with Crippen LogP contribution in [0.4, 0.5) is 5.69 Å². The van der Waals surface area contributed by atoms with E-state index in [1.807, 2.05) is 31.2 Å². The number of carbonyl (C=O) groups excluding carboxylic acids is 1. The molecule has 1 aliphatic rings. The summed E-state index contributed by atoms with van der Waals surface area (Å²) in [5.41, 5.74) is 2.38. The first kappa shape index (κ1) is 19.9. The number of hydrogen-bond donors (Lipinski definition) is 0. The van der Waals surface area contributed by atoms with Gasteiger partial charge in [-0.05, 0) is 48.4 Å². The molecule has 1 amide bonds. The van der Waals surface area contributed by atoms with Crippen molar-refractivity contribution in [3.63, 3.8) is 0 Å². The fourth-order valence-corrected chi connectivity index (χ4v) is 4.49. The van der Waals surface area contributed by atoms with Crippen LogP contribution < -0.4 is 9.08 Å². The summed E-state index contributed by atoms with van der Waals surface area (Å²) in [4.78, 5) is 14.7. The molecule has 0 aromatic heterocycles. The van der Waals surface area contributed by atoms with Crippen LogP contribution in [0.3, 0.4) is 0 Å². The van der Waals surface area contributed by atoms with Crippen molar-refractivity contribution in [1.29, 1.82) is 0 Å². The van der Waals surface area contributed by atoms with E-state index in [0.29, 0.717) is 14.8 Å². The van der Waals surface area contributed by atoms with Gasteiger partial charge in [0.05, 0.1) is 21.9 Å². The molecule has 0 unspecified atom stereocenters. The summed E-state index contributed by atoms with van der Waals surface area (Å²) < 4.78 is 27.7. The van der Waals surface area contributed by atoms with Crippen molar-refractivity contribution in [2.24, 2.45) is 0 Å². The van der Waals surface area contributed by atoms with Gasteiger partial charge in [0.1, 0.15) is 0 Å². The second-order valence-electron chi connectivity index (χ2n) is 5.83. The fourth-order valence-electron chi connectivity index (χ4n) is 2.45. The average Bonchev–Trinajstić information content (AvgIpc) is 2.83. The normalized spacial score (nSPS) is 16.3. The van der Waals surface area contributed by atoms with Crippen molar-refractivity contribution >= 4 is 67.7 Å². The first-order chi connectivity index (χ1) is 12.6. The molecular weight excluding hydrogens is 426 g/mol. The van der Waals surface area contributed by atoms with Gasteiger partial charge in [0, 0.05) is 0 Å². The van der Waals surface area contributed by atoms with Gasteiger partial charge in [0.2, 0.25) is 0 Å². The van der Waals surface area contributed by atoms with E-state index in [1.54, 1.807) is 12.1 Å². The Hall–Kier alpha value is -1.87. The van der Waals surface area contributed by atoms with Crippen LogP contribution in [0.15, 0.2) is 47.4 Å². The lowest BCUT2D eigenvalue weighted by Gasteiger charge is -2.14. The van der Waals surface area contributed by atoms with Crippen molar-refractivity contribution in [1.82, 2.24) is 0 Å². The summed E-state index contributed by atoms with van der Waals surface area (Å²) in [5.74, 6) is -0.188. The van der Waals surface area contributed by atoms with Gasteiger partial charge >= 0.3 is 10.1 Å². The van der Waals surface area contributed by atoms with E-state index in [9.17, 15) is 13.2 Å². The molecule has 0 N–H and O–H groups in total. The number of thiocarbonyl (C=S) groups is 1. The highest BCUT2D eigenvalue weighted by Crippen LogP contribution is 2.37. The lowest BCUT2D eigenvalue weighted by atomic mass is 10.2. The first-order valence-electron chi connectivity index (χ1n) is 7.68. The number of halogens is 1. The number of amides is 1. The maximum absolute atomic E-state index is 12.8. The van der Waals surface area contributed by atoms with Crippen LogP contribution in [0.5, 0.6) is 5.75 Å². The van der Waals surface area contributed by atoms with E-state index in [1.165, 1.54) is 28.8 Å². The minimum Gasteiger partial charge on any atom is -0.381 e. The molecule has 5 nitrogen and oxygen atoms in total. The molecule has 0 radical (unpaired) electrons. The van der Waals surface area contributed by atoms with Crippen LogP contribution in [0, 0.1) is 6.92 Å². The third-order valence-electron chi connectivity index (χ3n) is 3.55. The van der Waals surface area contributed by atoms with Crippen molar-refractivity contribution < 1.29 is 17.4 Å². The van der Waals surface area contributed by atoms with Gasteiger partial charge in [0.15, 0.2) is 10.1 Å².